The molecule has 8 nitrogen and oxygen atoms in total. The normalized spacial score (nSPS) is 21.6. The molecule has 3 heterocycles. The average Bonchev–Trinajstić information content (AvgIpc) is 2.64. The molecule has 0 spiro atoms. The average molecular weight is 331 g/mol. The van der Waals surface area contributed by atoms with Gasteiger partial charge in [0.15, 0.2) is 0 Å². The highest BCUT2D eigenvalue weighted by Crippen LogP contribution is 2.18. The highest BCUT2D eigenvalue weighted by atomic mass is 16.3. The summed E-state index contributed by atoms with van der Waals surface area (Å²) in [6, 6.07) is 3.93. The number of pyridine rings is 1. The topological polar surface area (TPSA) is 98.1 Å². The number of β-amino-alcohol motifs (C(OH)–C–C–N with tert-alkyl or cyclic N) is 1. The molecule has 2 N–H and O–H groups in total. The zero-order valence-electron chi connectivity index (χ0n) is 13.4. The van der Waals surface area contributed by atoms with Crippen LogP contribution in [-0.2, 0) is 9.59 Å². The Morgan fingerprint density at radius 2 is 2.12 bits per heavy atom. The van der Waals surface area contributed by atoms with Crippen LogP contribution in [0.1, 0.15) is 24.4 Å². The Hall–Kier alpha value is -2.32. The van der Waals surface area contributed by atoms with Gasteiger partial charge >= 0.3 is 0 Å². The van der Waals surface area contributed by atoms with E-state index in [0.717, 1.165) is 5.56 Å². The molecule has 1 unspecified atom stereocenters. The molecule has 2 amide bonds. The molecule has 0 aromatic carbocycles. The third-order valence-corrected chi connectivity index (χ3v) is 4.23. The number of piperazine rings is 1. The van der Waals surface area contributed by atoms with Crippen LogP contribution in [0.3, 0.4) is 0 Å². The Bertz CT molecular complexity index is 634. The first-order valence-corrected chi connectivity index (χ1v) is 8.10. The van der Waals surface area contributed by atoms with Crippen LogP contribution in [0, 0.1) is 0 Å². The zero-order chi connectivity index (χ0) is 16.9. The van der Waals surface area contributed by atoms with Crippen molar-refractivity contribution in [2.75, 3.05) is 32.8 Å². The minimum atomic E-state index is -0.172. The van der Waals surface area contributed by atoms with Crippen LogP contribution in [0.15, 0.2) is 29.6 Å². The van der Waals surface area contributed by atoms with Gasteiger partial charge in [-0.05, 0) is 17.7 Å². The van der Waals surface area contributed by atoms with Gasteiger partial charge in [0, 0.05) is 44.9 Å². The Kier molecular flexibility index (Phi) is 5.17. The molecule has 8 heteroatoms. The van der Waals surface area contributed by atoms with Gasteiger partial charge < -0.3 is 15.3 Å². The second-order valence-corrected chi connectivity index (χ2v) is 5.83. The van der Waals surface area contributed by atoms with Crippen molar-refractivity contribution < 1.29 is 14.7 Å². The molecule has 24 heavy (non-hydrogen) atoms. The number of aliphatic hydroxyl groups excluding tert-OH is 1. The quantitative estimate of drug-likeness (QED) is 0.777. The van der Waals surface area contributed by atoms with Crippen LogP contribution < -0.4 is 5.32 Å². The fraction of sp³-hybridized carbons (Fsp3) is 0.500. The van der Waals surface area contributed by atoms with Gasteiger partial charge in [-0.1, -0.05) is 0 Å². The molecule has 1 aromatic rings. The monoisotopic (exact) mass is 331 g/mol. The third-order valence-electron chi connectivity index (χ3n) is 4.23. The second-order valence-electron chi connectivity index (χ2n) is 5.83. The Morgan fingerprint density at radius 3 is 2.88 bits per heavy atom. The van der Waals surface area contributed by atoms with Crippen LogP contribution in [0.4, 0.5) is 0 Å². The van der Waals surface area contributed by atoms with Crippen molar-refractivity contribution in [1.82, 2.24) is 20.2 Å². The molecule has 0 aliphatic carbocycles. The van der Waals surface area contributed by atoms with Crippen molar-refractivity contribution in [3.63, 3.8) is 0 Å². The lowest BCUT2D eigenvalue weighted by atomic mass is 10.0. The first kappa shape index (κ1) is 16.5. The van der Waals surface area contributed by atoms with Crippen molar-refractivity contribution >= 4 is 17.5 Å². The molecule has 1 fully saturated rings. The summed E-state index contributed by atoms with van der Waals surface area (Å²) in [5.41, 5.74) is 1.48. The lowest BCUT2D eigenvalue weighted by Gasteiger charge is -2.35. The molecule has 2 aliphatic rings. The third kappa shape index (κ3) is 3.60. The lowest BCUT2D eigenvalue weighted by molar-refractivity contribution is -0.132. The number of hydrazone groups is 1. The van der Waals surface area contributed by atoms with E-state index in [4.69, 9.17) is 5.11 Å². The smallest absolute Gasteiger partial charge is 0.270 e. The number of aliphatic hydroxyl groups is 1. The number of hydrogen-bond donors (Lipinski definition) is 2. The van der Waals surface area contributed by atoms with Gasteiger partial charge in [0.05, 0.1) is 19.2 Å². The van der Waals surface area contributed by atoms with E-state index in [1.165, 1.54) is 5.01 Å². The molecule has 3 rings (SSSR count). The van der Waals surface area contributed by atoms with E-state index in [9.17, 15) is 9.59 Å². The van der Waals surface area contributed by atoms with Crippen LogP contribution in [0.25, 0.3) is 0 Å². The Morgan fingerprint density at radius 1 is 1.33 bits per heavy atom. The maximum absolute atomic E-state index is 12.7. The van der Waals surface area contributed by atoms with Gasteiger partial charge in [0.1, 0.15) is 5.71 Å². The standard InChI is InChI=1S/C16H21N5O3/c22-10-9-21-15(23)2-1-13(19-21)16(24)20-8-7-18-14(11-20)12-3-5-17-6-4-12/h3-6,14,18,22H,1-2,7-11H2. The molecule has 0 saturated carbocycles. The predicted molar refractivity (Wildman–Crippen MR) is 87.0 cm³/mol. The summed E-state index contributed by atoms with van der Waals surface area (Å²) < 4.78 is 0. The Labute approximate surface area is 140 Å². The van der Waals surface area contributed by atoms with E-state index >= 15 is 0 Å². The first-order chi connectivity index (χ1) is 11.7. The highest BCUT2D eigenvalue weighted by molar-refractivity contribution is 6.39. The maximum atomic E-state index is 12.7. The van der Waals surface area contributed by atoms with Crippen molar-refractivity contribution in [2.24, 2.45) is 5.10 Å². The fourth-order valence-corrected chi connectivity index (χ4v) is 2.96. The van der Waals surface area contributed by atoms with Gasteiger partial charge in [0.2, 0.25) is 5.91 Å². The van der Waals surface area contributed by atoms with E-state index in [-0.39, 0.29) is 37.4 Å². The van der Waals surface area contributed by atoms with E-state index in [1.54, 1.807) is 17.3 Å². The van der Waals surface area contributed by atoms with Crippen molar-refractivity contribution in [3.8, 4) is 0 Å². The fourth-order valence-electron chi connectivity index (χ4n) is 2.96. The van der Waals surface area contributed by atoms with Gasteiger partial charge in [-0.2, -0.15) is 5.10 Å². The summed E-state index contributed by atoms with van der Waals surface area (Å²) in [4.78, 5) is 30.3. The highest BCUT2D eigenvalue weighted by Gasteiger charge is 2.30. The molecular weight excluding hydrogens is 310 g/mol. The van der Waals surface area contributed by atoms with Crippen LogP contribution in [0.2, 0.25) is 0 Å². The SMILES string of the molecule is O=C(C1=NN(CCO)C(=O)CC1)N1CCNC(c2ccncc2)C1. The largest absolute Gasteiger partial charge is 0.394 e. The lowest BCUT2D eigenvalue weighted by Crippen LogP contribution is -2.51. The minimum absolute atomic E-state index is 0.0602. The predicted octanol–water partition coefficient (Wildman–Crippen LogP) is -0.475. The molecular formula is C16H21N5O3. The molecule has 128 valence electrons. The van der Waals surface area contributed by atoms with Crippen LogP contribution >= 0.6 is 0 Å². The van der Waals surface area contributed by atoms with Crippen molar-refractivity contribution in [3.05, 3.63) is 30.1 Å². The van der Waals surface area contributed by atoms with Crippen LogP contribution in [-0.4, -0.2) is 70.3 Å². The molecule has 2 aliphatic heterocycles. The number of hydrogen-bond acceptors (Lipinski definition) is 6. The summed E-state index contributed by atoms with van der Waals surface area (Å²) >= 11 is 0. The van der Waals surface area contributed by atoms with Gasteiger partial charge in [-0.3, -0.25) is 14.6 Å². The van der Waals surface area contributed by atoms with Gasteiger partial charge in [0.25, 0.3) is 5.91 Å². The van der Waals surface area contributed by atoms with E-state index in [1.807, 2.05) is 12.1 Å². The summed E-state index contributed by atoms with van der Waals surface area (Å²) in [5, 5.41) is 17.7. The van der Waals surface area contributed by atoms with Gasteiger partial charge in [-0.25, -0.2) is 5.01 Å². The molecule has 1 atom stereocenters. The first-order valence-electron chi connectivity index (χ1n) is 8.10. The summed E-state index contributed by atoms with van der Waals surface area (Å²) in [6.07, 6.45) is 4.08. The molecule has 0 bridgehead atoms. The van der Waals surface area contributed by atoms with Crippen molar-refractivity contribution in [2.45, 2.75) is 18.9 Å². The maximum Gasteiger partial charge on any atom is 0.270 e. The number of carbonyl (C=O) groups is 2. The number of aromatic nitrogens is 1. The molecule has 0 radical (unpaired) electrons. The molecule has 1 saturated heterocycles. The van der Waals surface area contributed by atoms with Gasteiger partial charge in [-0.15, -0.1) is 0 Å². The van der Waals surface area contributed by atoms with Crippen molar-refractivity contribution in [1.29, 1.82) is 0 Å². The molecule has 1 aromatic heterocycles. The van der Waals surface area contributed by atoms with E-state index in [2.05, 4.69) is 15.4 Å². The number of carbonyl (C=O) groups excluding carboxylic acids is 2. The summed E-state index contributed by atoms with van der Waals surface area (Å²) in [5.74, 6) is -0.290. The second kappa shape index (κ2) is 7.50. The summed E-state index contributed by atoms with van der Waals surface area (Å²) in [6.45, 7) is 1.81. The minimum Gasteiger partial charge on any atom is -0.394 e. The Balaban J connectivity index is 1.70. The van der Waals surface area contributed by atoms with E-state index in [0.29, 0.717) is 31.8 Å². The summed E-state index contributed by atoms with van der Waals surface area (Å²) in [7, 11) is 0. The van der Waals surface area contributed by atoms with E-state index < -0.39 is 0 Å². The zero-order valence-corrected chi connectivity index (χ0v) is 13.4. The number of nitrogens with zero attached hydrogens (tertiary/aromatic N) is 4. The van der Waals surface area contributed by atoms with Crippen LogP contribution in [0.5, 0.6) is 0 Å². The number of amides is 2. The number of rotatable bonds is 4. The number of nitrogens with one attached hydrogen (secondary N) is 1.